The lowest BCUT2D eigenvalue weighted by Crippen LogP contribution is -2.11. The molecule has 0 bridgehead atoms. The van der Waals surface area contributed by atoms with Gasteiger partial charge in [-0.25, -0.2) is 8.42 Å². The molecule has 8 heteroatoms. The van der Waals surface area contributed by atoms with Crippen LogP contribution in [0.1, 0.15) is 5.56 Å². The van der Waals surface area contributed by atoms with Crippen molar-refractivity contribution in [3.8, 4) is 0 Å². The van der Waals surface area contributed by atoms with Crippen LogP contribution in [0.15, 0.2) is 38.3 Å². The molecule has 2 N–H and O–H groups in total. The highest BCUT2D eigenvalue weighted by Crippen LogP contribution is 2.35. The number of anilines is 1. The molecule has 0 amide bonds. The first-order valence-electron chi connectivity index (χ1n) is 5.10. The van der Waals surface area contributed by atoms with Crippen molar-refractivity contribution in [1.82, 2.24) is 0 Å². The average molecular weight is 383 g/mol. The molecule has 0 aliphatic heterocycles. The van der Waals surface area contributed by atoms with Gasteiger partial charge in [-0.05, 0) is 39.7 Å². The summed E-state index contributed by atoms with van der Waals surface area (Å²) in [6, 6.07) is 7.87. The summed E-state index contributed by atoms with van der Waals surface area (Å²) in [7, 11) is -3.64. The SMILES string of the molecule is O=S(=O)(Nc1ccc(CO)cc1)c1cc(Cl)c(Br)s1. The number of nitrogens with one attached hydrogen (secondary N) is 1. The Hall–Kier alpha value is -0.600. The molecule has 0 atom stereocenters. The number of aliphatic hydroxyl groups excluding tert-OH is 1. The normalized spacial score (nSPS) is 11.5. The Morgan fingerprint density at radius 1 is 1.32 bits per heavy atom. The highest BCUT2D eigenvalue weighted by atomic mass is 79.9. The van der Waals surface area contributed by atoms with Gasteiger partial charge in [0.2, 0.25) is 0 Å². The molecule has 0 aliphatic rings. The number of sulfonamides is 1. The van der Waals surface area contributed by atoms with Gasteiger partial charge in [-0.2, -0.15) is 0 Å². The second kappa shape index (κ2) is 5.80. The Bertz CT molecular complexity index is 663. The van der Waals surface area contributed by atoms with E-state index in [0.717, 1.165) is 11.3 Å². The zero-order valence-electron chi connectivity index (χ0n) is 9.43. The molecule has 2 rings (SSSR count). The lowest BCUT2D eigenvalue weighted by atomic mass is 10.2. The first-order chi connectivity index (χ1) is 8.92. The van der Waals surface area contributed by atoms with Crippen LogP contribution in [0.2, 0.25) is 5.02 Å². The average Bonchev–Trinajstić information content (AvgIpc) is 2.71. The van der Waals surface area contributed by atoms with Crippen LogP contribution in [-0.2, 0) is 16.6 Å². The quantitative estimate of drug-likeness (QED) is 0.851. The van der Waals surface area contributed by atoms with Gasteiger partial charge in [-0.3, -0.25) is 4.72 Å². The number of thiophene rings is 1. The van der Waals surface area contributed by atoms with Crippen LogP contribution in [0.25, 0.3) is 0 Å². The number of benzene rings is 1. The topological polar surface area (TPSA) is 66.4 Å². The lowest BCUT2D eigenvalue weighted by molar-refractivity contribution is 0.282. The summed E-state index contributed by atoms with van der Waals surface area (Å²) in [5.41, 5.74) is 1.14. The molecule has 1 heterocycles. The first-order valence-corrected chi connectivity index (χ1v) is 8.57. The molecule has 1 aromatic carbocycles. The highest BCUT2D eigenvalue weighted by molar-refractivity contribution is 9.11. The number of aliphatic hydroxyl groups is 1. The molecule has 0 spiro atoms. The fourth-order valence-corrected chi connectivity index (χ4v) is 4.80. The number of hydrogen-bond acceptors (Lipinski definition) is 4. The Kier molecular flexibility index (Phi) is 4.52. The van der Waals surface area contributed by atoms with Crippen LogP contribution in [0.4, 0.5) is 5.69 Å². The van der Waals surface area contributed by atoms with E-state index in [1.54, 1.807) is 24.3 Å². The first kappa shape index (κ1) is 14.8. The van der Waals surface area contributed by atoms with E-state index in [2.05, 4.69) is 20.7 Å². The van der Waals surface area contributed by atoms with Crippen molar-refractivity contribution >= 4 is 54.6 Å². The van der Waals surface area contributed by atoms with Crippen molar-refractivity contribution in [3.05, 3.63) is 44.7 Å². The van der Waals surface area contributed by atoms with Gasteiger partial charge in [0.05, 0.1) is 15.4 Å². The maximum Gasteiger partial charge on any atom is 0.271 e. The zero-order valence-corrected chi connectivity index (χ0v) is 13.4. The van der Waals surface area contributed by atoms with Crippen molar-refractivity contribution < 1.29 is 13.5 Å². The Morgan fingerprint density at radius 3 is 2.42 bits per heavy atom. The van der Waals surface area contributed by atoms with Crippen molar-refractivity contribution in [2.24, 2.45) is 0 Å². The molecule has 19 heavy (non-hydrogen) atoms. The molecule has 0 radical (unpaired) electrons. The van der Waals surface area contributed by atoms with Crippen LogP contribution in [0.5, 0.6) is 0 Å². The summed E-state index contributed by atoms with van der Waals surface area (Å²) in [5, 5.41) is 9.28. The van der Waals surface area contributed by atoms with E-state index >= 15 is 0 Å². The third kappa shape index (κ3) is 3.49. The van der Waals surface area contributed by atoms with Gasteiger partial charge in [-0.1, -0.05) is 23.7 Å². The fourth-order valence-electron chi connectivity index (χ4n) is 1.34. The van der Waals surface area contributed by atoms with E-state index in [9.17, 15) is 8.42 Å². The van der Waals surface area contributed by atoms with Crippen LogP contribution < -0.4 is 4.72 Å². The van der Waals surface area contributed by atoms with Crippen molar-refractivity contribution in [3.63, 3.8) is 0 Å². The predicted octanol–water partition coefficient (Wildman–Crippen LogP) is 3.46. The molecular formula is C11H9BrClNO3S2. The largest absolute Gasteiger partial charge is 0.392 e. The van der Waals surface area contributed by atoms with Crippen molar-refractivity contribution in [2.45, 2.75) is 10.8 Å². The molecule has 102 valence electrons. The van der Waals surface area contributed by atoms with Gasteiger partial charge in [0, 0.05) is 5.69 Å². The smallest absolute Gasteiger partial charge is 0.271 e. The summed E-state index contributed by atoms with van der Waals surface area (Å²) >= 11 is 10.0. The Morgan fingerprint density at radius 2 is 1.95 bits per heavy atom. The van der Waals surface area contributed by atoms with Crippen LogP contribution in [0, 0.1) is 0 Å². The second-order valence-electron chi connectivity index (χ2n) is 3.65. The number of halogens is 2. The standard InChI is InChI=1S/C11H9BrClNO3S2/c12-11-9(13)5-10(18-11)19(16,17)14-8-3-1-7(6-15)2-4-8/h1-5,14-15H,6H2. The van der Waals surface area contributed by atoms with E-state index < -0.39 is 10.0 Å². The summed E-state index contributed by atoms with van der Waals surface area (Å²) < 4.78 is 27.3. The van der Waals surface area contributed by atoms with Crippen molar-refractivity contribution in [2.75, 3.05) is 4.72 Å². The minimum absolute atomic E-state index is 0.0828. The van der Waals surface area contributed by atoms with E-state index in [1.807, 2.05) is 0 Å². The van der Waals surface area contributed by atoms with Gasteiger partial charge in [-0.15, -0.1) is 11.3 Å². The van der Waals surface area contributed by atoms with Gasteiger partial charge >= 0.3 is 0 Å². The van der Waals surface area contributed by atoms with Crippen LogP contribution in [-0.4, -0.2) is 13.5 Å². The fraction of sp³-hybridized carbons (Fsp3) is 0.0909. The molecular weight excluding hydrogens is 374 g/mol. The highest BCUT2D eigenvalue weighted by Gasteiger charge is 2.19. The molecule has 0 unspecified atom stereocenters. The summed E-state index contributed by atoms with van der Waals surface area (Å²) in [6.07, 6.45) is 0. The van der Waals surface area contributed by atoms with E-state index in [-0.39, 0.29) is 10.8 Å². The van der Waals surface area contributed by atoms with Gasteiger partial charge in [0.25, 0.3) is 10.0 Å². The van der Waals surface area contributed by atoms with Crippen molar-refractivity contribution in [1.29, 1.82) is 0 Å². The Balaban J connectivity index is 2.25. The zero-order chi connectivity index (χ0) is 14.0. The van der Waals surface area contributed by atoms with Crippen LogP contribution in [0.3, 0.4) is 0 Å². The van der Waals surface area contributed by atoms with Gasteiger partial charge < -0.3 is 5.11 Å². The molecule has 0 saturated heterocycles. The van der Waals surface area contributed by atoms with Gasteiger partial charge in [0.1, 0.15) is 4.21 Å². The maximum atomic E-state index is 12.1. The minimum Gasteiger partial charge on any atom is -0.392 e. The molecule has 4 nitrogen and oxygen atoms in total. The number of hydrogen-bond donors (Lipinski definition) is 2. The predicted molar refractivity (Wildman–Crippen MR) is 80.2 cm³/mol. The van der Waals surface area contributed by atoms with E-state index in [1.165, 1.54) is 6.07 Å². The monoisotopic (exact) mass is 381 g/mol. The van der Waals surface area contributed by atoms with Crippen LogP contribution >= 0.6 is 38.9 Å². The lowest BCUT2D eigenvalue weighted by Gasteiger charge is -2.06. The third-order valence-electron chi connectivity index (χ3n) is 2.28. The number of rotatable bonds is 4. The van der Waals surface area contributed by atoms with Gasteiger partial charge in [0.15, 0.2) is 0 Å². The molecule has 2 aromatic rings. The summed E-state index contributed by atoms with van der Waals surface area (Å²) in [4.78, 5) is 0. The molecule has 0 fully saturated rings. The van der Waals surface area contributed by atoms with E-state index in [4.69, 9.17) is 16.7 Å². The summed E-state index contributed by atoms with van der Waals surface area (Å²) in [5.74, 6) is 0. The second-order valence-corrected chi connectivity index (χ2v) is 8.33. The third-order valence-corrected chi connectivity index (χ3v) is 6.61. The molecule has 0 saturated carbocycles. The minimum atomic E-state index is -3.64. The molecule has 1 aromatic heterocycles. The van der Waals surface area contributed by atoms with E-state index in [0.29, 0.717) is 20.1 Å². The summed E-state index contributed by atoms with van der Waals surface area (Å²) in [6.45, 7) is -0.0828. The maximum absolute atomic E-state index is 12.1. The Labute approximate surface area is 128 Å². The molecule has 0 aliphatic carbocycles.